The molecule has 0 amide bonds. The predicted molar refractivity (Wildman–Crippen MR) is 130 cm³/mol. The maximum atomic E-state index is 11.1. The van der Waals surface area contributed by atoms with E-state index in [0.717, 1.165) is 33.7 Å². The van der Waals surface area contributed by atoms with E-state index in [1.807, 2.05) is 60.9 Å². The highest BCUT2D eigenvalue weighted by Crippen LogP contribution is 2.37. The van der Waals surface area contributed by atoms with Gasteiger partial charge in [0.1, 0.15) is 17.9 Å². The molecule has 170 valence electrons. The Balaban J connectivity index is 0.00000126. The van der Waals surface area contributed by atoms with Gasteiger partial charge in [-0.25, -0.2) is 15.0 Å². The van der Waals surface area contributed by atoms with Crippen molar-refractivity contribution in [1.29, 1.82) is 0 Å². The van der Waals surface area contributed by atoms with Crippen LogP contribution in [0.3, 0.4) is 0 Å². The average Bonchev–Trinajstić information content (AvgIpc) is 3.17. The van der Waals surface area contributed by atoms with Gasteiger partial charge >= 0.3 is 5.97 Å². The minimum absolute atomic E-state index is 0.243. The number of nitrogen functional groups attached to an aromatic ring is 1. The molecule has 4 aromatic rings. The summed E-state index contributed by atoms with van der Waals surface area (Å²) in [7, 11) is 0. The number of benzene rings is 1. The van der Waals surface area contributed by atoms with Crippen molar-refractivity contribution < 1.29 is 9.53 Å². The number of pyridine rings is 2. The van der Waals surface area contributed by atoms with E-state index < -0.39 is 0 Å². The molecule has 7 heteroatoms. The Bertz CT molecular complexity index is 1260. The van der Waals surface area contributed by atoms with Crippen molar-refractivity contribution in [3.8, 4) is 17.1 Å². The van der Waals surface area contributed by atoms with E-state index in [1.165, 1.54) is 26.2 Å². The Hall–Kier alpha value is -3.74. The summed E-state index contributed by atoms with van der Waals surface area (Å²) >= 11 is 0. The van der Waals surface area contributed by atoms with Gasteiger partial charge in [-0.15, -0.1) is 0 Å². The van der Waals surface area contributed by atoms with Crippen LogP contribution in [0.1, 0.15) is 57.2 Å². The van der Waals surface area contributed by atoms with Gasteiger partial charge in [-0.2, -0.15) is 0 Å². The number of carbonyl (C=O) groups excluding carboxylic acids is 1. The van der Waals surface area contributed by atoms with E-state index in [-0.39, 0.29) is 12.6 Å². The summed E-state index contributed by atoms with van der Waals surface area (Å²) in [6.45, 7) is 5.65. The third-order valence-electron chi connectivity index (χ3n) is 5.77. The molecular weight excluding hydrogens is 414 g/mol. The second-order valence-electron chi connectivity index (χ2n) is 7.86. The number of anilines is 1. The normalized spacial score (nSPS) is 13.2. The number of rotatable bonds is 5. The summed E-state index contributed by atoms with van der Waals surface area (Å²) in [6.07, 6.45) is 5.29. The van der Waals surface area contributed by atoms with Gasteiger partial charge in [-0.05, 0) is 54.8 Å². The zero-order valence-corrected chi connectivity index (χ0v) is 19.3. The Morgan fingerprint density at radius 3 is 2.48 bits per heavy atom. The van der Waals surface area contributed by atoms with Crippen LogP contribution in [-0.2, 0) is 16.1 Å². The summed E-state index contributed by atoms with van der Waals surface area (Å²) in [5, 5.41) is 0. The summed E-state index contributed by atoms with van der Waals surface area (Å²) in [6, 6.07) is 15.7. The molecule has 5 rings (SSSR count). The van der Waals surface area contributed by atoms with Gasteiger partial charge in [-0.1, -0.05) is 32.4 Å². The largest absolute Gasteiger partial charge is 0.461 e. The molecule has 1 aliphatic carbocycles. The lowest BCUT2D eigenvalue weighted by atomic mass is 9.83. The number of imidazole rings is 1. The molecule has 0 atom stereocenters. The summed E-state index contributed by atoms with van der Waals surface area (Å²) < 4.78 is 7.13. The van der Waals surface area contributed by atoms with E-state index in [2.05, 4.69) is 11.1 Å². The van der Waals surface area contributed by atoms with Gasteiger partial charge in [0.2, 0.25) is 0 Å². The molecule has 3 aromatic heterocycles. The topological polar surface area (TPSA) is 95.9 Å². The number of hydrogen-bond donors (Lipinski definition) is 1. The van der Waals surface area contributed by atoms with E-state index in [4.69, 9.17) is 20.4 Å². The molecule has 0 unspecified atom stereocenters. The molecule has 0 aliphatic heterocycles. The molecule has 0 bridgehead atoms. The van der Waals surface area contributed by atoms with Crippen molar-refractivity contribution in [3.05, 3.63) is 66.0 Å². The molecule has 1 aliphatic rings. The fourth-order valence-corrected chi connectivity index (χ4v) is 3.86. The van der Waals surface area contributed by atoms with E-state index in [1.54, 1.807) is 6.20 Å². The summed E-state index contributed by atoms with van der Waals surface area (Å²) in [4.78, 5) is 25.2. The van der Waals surface area contributed by atoms with Crippen LogP contribution in [0.4, 0.5) is 5.82 Å². The van der Waals surface area contributed by atoms with Crippen molar-refractivity contribution in [2.75, 3.05) is 5.73 Å². The summed E-state index contributed by atoms with van der Waals surface area (Å²) in [5.74, 6) is 1.34. The number of esters is 1. The number of hydrogen-bond acceptors (Lipinski definition) is 6. The number of nitrogens with zero attached hydrogens (tertiary/aromatic N) is 4. The minimum atomic E-state index is -0.299. The molecule has 7 nitrogen and oxygen atoms in total. The highest BCUT2D eigenvalue weighted by molar-refractivity contribution is 5.83. The number of carbonyl (C=O) groups is 1. The standard InChI is InChI=1S/C24H23N5O2.C2H6/c1-15(30)31-14-16-7-9-18(10-8-16)29-23(19-6-3-13-26-22(19)25)28-21-12-11-20(27-24(21)29)17-4-2-5-17;1-2/h3,6-13,17H,2,4-5,14H2,1H3,(H2,25,26);1-2H3. The Morgan fingerprint density at radius 1 is 1.09 bits per heavy atom. The molecule has 0 saturated heterocycles. The van der Waals surface area contributed by atoms with E-state index in [9.17, 15) is 4.79 Å². The first-order chi connectivity index (χ1) is 16.1. The molecule has 2 N–H and O–H groups in total. The van der Waals surface area contributed by atoms with Crippen LogP contribution >= 0.6 is 0 Å². The third-order valence-corrected chi connectivity index (χ3v) is 5.77. The lowest BCUT2D eigenvalue weighted by Gasteiger charge is -2.24. The molecule has 0 radical (unpaired) electrons. The lowest BCUT2D eigenvalue weighted by Crippen LogP contribution is -2.11. The summed E-state index contributed by atoms with van der Waals surface area (Å²) in [5.41, 5.74) is 11.5. The van der Waals surface area contributed by atoms with Crippen molar-refractivity contribution >= 4 is 23.0 Å². The second-order valence-corrected chi connectivity index (χ2v) is 7.86. The number of aromatic nitrogens is 4. The molecule has 0 spiro atoms. The Morgan fingerprint density at radius 2 is 1.85 bits per heavy atom. The number of nitrogens with two attached hydrogens (primary N) is 1. The van der Waals surface area contributed by atoms with Crippen molar-refractivity contribution in [2.45, 2.75) is 52.6 Å². The SMILES string of the molecule is CC.CC(=O)OCc1ccc(-n2c(-c3cccnc3N)nc3ccc(C4CCC4)nc32)cc1. The Kier molecular flexibility index (Phi) is 6.68. The highest BCUT2D eigenvalue weighted by Gasteiger charge is 2.23. The zero-order chi connectivity index (χ0) is 23.4. The third kappa shape index (κ3) is 4.58. The number of ether oxygens (including phenoxy) is 1. The van der Waals surface area contributed by atoms with Gasteiger partial charge in [0.05, 0.1) is 5.56 Å². The Labute approximate surface area is 193 Å². The molecule has 1 aromatic carbocycles. The van der Waals surface area contributed by atoms with Crippen LogP contribution in [0.15, 0.2) is 54.7 Å². The molecule has 1 saturated carbocycles. The molecule has 3 heterocycles. The second kappa shape index (κ2) is 9.81. The van der Waals surface area contributed by atoms with E-state index >= 15 is 0 Å². The fraction of sp³-hybridized carbons (Fsp3) is 0.308. The van der Waals surface area contributed by atoms with Crippen LogP contribution in [0.5, 0.6) is 0 Å². The van der Waals surface area contributed by atoms with Gasteiger partial charge in [0.15, 0.2) is 11.5 Å². The first-order valence-electron chi connectivity index (χ1n) is 11.4. The van der Waals surface area contributed by atoms with Crippen LogP contribution in [-0.4, -0.2) is 25.5 Å². The smallest absolute Gasteiger partial charge is 0.302 e. The van der Waals surface area contributed by atoms with Gasteiger partial charge in [-0.3, -0.25) is 9.36 Å². The predicted octanol–water partition coefficient (Wildman–Crippen LogP) is 5.42. The van der Waals surface area contributed by atoms with Crippen molar-refractivity contribution in [2.24, 2.45) is 0 Å². The maximum Gasteiger partial charge on any atom is 0.302 e. The van der Waals surface area contributed by atoms with Gasteiger partial charge < -0.3 is 10.5 Å². The van der Waals surface area contributed by atoms with Crippen molar-refractivity contribution in [3.63, 3.8) is 0 Å². The van der Waals surface area contributed by atoms with Gasteiger partial charge in [0, 0.05) is 30.4 Å². The van der Waals surface area contributed by atoms with Crippen LogP contribution in [0.25, 0.3) is 28.2 Å². The van der Waals surface area contributed by atoms with Crippen LogP contribution < -0.4 is 5.73 Å². The lowest BCUT2D eigenvalue weighted by molar-refractivity contribution is -0.142. The van der Waals surface area contributed by atoms with Gasteiger partial charge in [0.25, 0.3) is 0 Å². The van der Waals surface area contributed by atoms with Crippen LogP contribution in [0, 0.1) is 0 Å². The van der Waals surface area contributed by atoms with Crippen LogP contribution in [0.2, 0.25) is 0 Å². The average molecular weight is 444 g/mol. The van der Waals surface area contributed by atoms with E-state index in [0.29, 0.717) is 17.6 Å². The highest BCUT2D eigenvalue weighted by atomic mass is 16.5. The first kappa shape index (κ1) is 22.5. The maximum absolute atomic E-state index is 11.1. The molecule has 33 heavy (non-hydrogen) atoms. The zero-order valence-electron chi connectivity index (χ0n) is 19.3. The minimum Gasteiger partial charge on any atom is -0.461 e. The van der Waals surface area contributed by atoms with Crippen molar-refractivity contribution in [1.82, 2.24) is 19.5 Å². The molecule has 1 fully saturated rings. The monoisotopic (exact) mass is 443 g/mol. The fourth-order valence-electron chi connectivity index (χ4n) is 3.86. The number of fused-ring (bicyclic) bond motifs is 1. The quantitative estimate of drug-likeness (QED) is 0.414. The first-order valence-corrected chi connectivity index (χ1v) is 11.4. The molecular formula is C26H29N5O2.